The number of hydrogen-bond acceptors (Lipinski definition) is 4. The summed E-state index contributed by atoms with van der Waals surface area (Å²) in [6.07, 6.45) is 1.49. The smallest absolute Gasteiger partial charge is 0.321 e. The minimum Gasteiger partial charge on any atom is -0.482 e. The average molecular weight is 291 g/mol. The van der Waals surface area contributed by atoms with Crippen LogP contribution in [0.3, 0.4) is 0 Å². The molecule has 0 aliphatic carbocycles. The van der Waals surface area contributed by atoms with E-state index in [0.29, 0.717) is 11.4 Å². The van der Waals surface area contributed by atoms with E-state index in [1.54, 1.807) is 24.3 Å². The van der Waals surface area contributed by atoms with Gasteiger partial charge in [0.2, 0.25) is 5.91 Å². The van der Waals surface area contributed by atoms with Gasteiger partial charge in [-0.2, -0.15) is 0 Å². The topological polar surface area (TPSA) is 96.5 Å². The van der Waals surface area contributed by atoms with Gasteiger partial charge in [0.25, 0.3) is 5.91 Å². The highest BCUT2D eigenvalue weighted by Gasteiger charge is 2.10. The predicted octanol–water partition coefficient (Wildman–Crippen LogP) is 1.04. The van der Waals surface area contributed by atoms with Gasteiger partial charge in [-0.3, -0.25) is 14.9 Å². The molecule has 0 unspecified atom stereocenters. The Morgan fingerprint density at radius 1 is 1.29 bits per heavy atom. The van der Waals surface area contributed by atoms with Gasteiger partial charge in [-0.1, -0.05) is 18.2 Å². The van der Waals surface area contributed by atoms with Gasteiger partial charge in [-0.15, -0.1) is 6.58 Å². The maximum Gasteiger partial charge on any atom is 0.321 e. The Hall–Kier alpha value is -2.83. The Bertz CT molecular complexity index is 543. The molecule has 7 nitrogen and oxygen atoms in total. The molecule has 112 valence electrons. The molecule has 1 rings (SSSR count). The van der Waals surface area contributed by atoms with Crippen LogP contribution in [0.15, 0.2) is 36.9 Å². The van der Waals surface area contributed by atoms with Crippen LogP contribution < -0.4 is 20.7 Å². The van der Waals surface area contributed by atoms with Crippen molar-refractivity contribution >= 4 is 23.5 Å². The average Bonchev–Trinajstić information content (AvgIpc) is 2.43. The number of carbonyl (C=O) groups excluding carboxylic acids is 3. The first-order chi connectivity index (χ1) is 10.0. The van der Waals surface area contributed by atoms with Crippen LogP contribution in [-0.4, -0.2) is 31.0 Å². The fraction of sp³-hybridized carbons (Fsp3) is 0.214. The number of urea groups is 1. The highest BCUT2D eigenvalue weighted by Crippen LogP contribution is 2.23. The van der Waals surface area contributed by atoms with Crippen molar-refractivity contribution in [2.45, 2.75) is 6.92 Å². The van der Waals surface area contributed by atoms with E-state index in [2.05, 4.69) is 22.5 Å². The number of rotatable bonds is 6. The second-order valence-corrected chi connectivity index (χ2v) is 4.01. The lowest BCUT2D eigenvalue weighted by molar-refractivity contribution is -0.122. The van der Waals surface area contributed by atoms with Gasteiger partial charge in [0.15, 0.2) is 6.61 Å². The molecular weight excluding hydrogens is 274 g/mol. The second-order valence-electron chi connectivity index (χ2n) is 4.01. The summed E-state index contributed by atoms with van der Waals surface area (Å²) in [4.78, 5) is 33.8. The quantitative estimate of drug-likeness (QED) is 0.682. The van der Waals surface area contributed by atoms with E-state index in [4.69, 9.17) is 4.74 Å². The summed E-state index contributed by atoms with van der Waals surface area (Å²) in [7, 11) is 0. The van der Waals surface area contributed by atoms with E-state index in [0.717, 1.165) is 0 Å². The summed E-state index contributed by atoms with van der Waals surface area (Å²) in [6, 6.07) is 6.05. The zero-order valence-electron chi connectivity index (χ0n) is 11.6. The van der Waals surface area contributed by atoms with Crippen molar-refractivity contribution in [2.24, 2.45) is 0 Å². The number of amides is 4. The van der Waals surface area contributed by atoms with Gasteiger partial charge in [0.05, 0.1) is 5.69 Å². The van der Waals surface area contributed by atoms with Crippen molar-refractivity contribution in [2.75, 3.05) is 18.5 Å². The van der Waals surface area contributed by atoms with Crippen LogP contribution in [0, 0.1) is 0 Å². The fourth-order valence-electron chi connectivity index (χ4n) is 1.40. The molecule has 7 heteroatoms. The molecule has 3 N–H and O–H groups in total. The number of nitrogens with one attached hydrogen (secondary N) is 3. The van der Waals surface area contributed by atoms with Gasteiger partial charge in [-0.25, -0.2) is 4.79 Å². The summed E-state index contributed by atoms with van der Waals surface area (Å²) in [5.41, 5.74) is 0.453. The molecule has 0 heterocycles. The maximum atomic E-state index is 11.5. The van der Waals surface area contributed by atoms with Gasteiger partial charge in [0.1, 0.15) is 5.75 Å². The van der Waals surface area contributed by atoms with Crippen LogP contribution in [0.2, 0.25) is 0 Å². The fourth-order valence-corrected chi connectivity index (χ4v) is 1.40. The molecule has 4 amide bonds. The first-order valence-electron chi connectivity index (χ1n) is 6.21. The third-order valence-electron chi connectivity index (χ3n) is 2.22. The lowest BCUT2D eigenvalue weighted by Gasteiger charge is -2.11. The minimum atomic E-state index is -0.626. The van der Waals surface area contributed by atoms with Crippen molar-refractivity contribution in [1.29, 1.82) is 0 Å². The Morgan fingerprint density at radius 3 is 2.67 bits per heavy atom. The van der Waals surface area contributed by atoms with Gasteiger partial charge >= 0.3 is 6.03 Å². The number of benzene rings is 1. The second kappa shape index (κ2) is 8.36. The van der Waals surface area contributed by atoms with Gasteiger partial charge in [0, 0.05) is 13.5 Å². The number of imide groups is 1. The molecule has 0 aromatic heterocycles. The first-order valence-corrected chi connectivity index (χ1v) is 6.21. The van der Waals surface area contributed by atoms with E-state index in [-0.39, 0.29) is 19.1 Å². The molecule has 0 saturated carbocycles. The van der Waals surface area contributed by atoms with Crippen LogP contribution in [0.5, 0.6) is 5.75 Å². The highest BCUT2D eigenvalue weighted by atomic mass is 16.5. The van der Waals surface area contributed by atoms with Crippen LogP contribution in [0.1, 0.15) is 6.92 Å². The largest absolute Gasteiger partial charge is 0.482 e. The normalized spacial score (nSPS) is 9.38. The third kappa shape index (κ3) is 6.24. The van der Waals surface area contributed by atoms with Crippen LogP contribution in [0.4, 0.5) is 10.5 Å². The lowest BCUT2D eigenvalue weighted by atomic mass is 10.3. The summed E-state index contributed by atoms with van der Waals surface area (Å²) in [5, 5.41) is 7.07. The van der Waals surface area contributed by atoms with Crippen LogP contribution in [0.25, 0.3) is 0 Å². The lowest BCUT2D eigenvalue weighted by Crippen LogP contribution is -2.41. The van der Waals surface area contributed by atoms with Crippen molar-refractivity contribution in [3.8, 4) is 5.75 Å². The zero-order chi connectivity index (χ0) is 15.7. The summed E-state index contributed by atoms with van der Waals surface area (Å²) >= 11 is 0. The molecule has 0 radical (unpaired) electrons. The number of carbonyl (C=O) groups is 3. The Balaban J connectivity index is 2.51. The standard InChI is InChI=1S/C14H17N3O4/c1-3-8-15-14(20)17-13(19)9-21-12-7-5-4-6-11(12)16-10(2)18/h3-7H,1,8-9H2,2H3,(H,16,18)(H2,15,17,19,20). The van der Waals surface area contributed by atoms with E-state index in [1.807, 2.05) is 0 Å². The highest BCUT2D eigenvalue weighted by molar-refractivity contribution is 5.95. The van der Waals surface area contributed by atoms with E-state index in [9.17, 15) is 14.4 Å². The number of anilines is 1. The molecule has 0 aliphatic rings. The van der Waals surface area contributed by atoms with Crippen molar-refractivity contribution in [1.82, 2.24) is 10.6 Å². The number of hydrogen-bond donors (Lipinski definition) is 3. The van der Waals surface area contributed by atoms with Crippen LogP contribution >= 0.6 is 0 Å². The van der Waals surface area contributed by atoms with E-state index < -0.39 is 11.9 Å². The van der Waals surface area contributed by atoms with Gasteiger partial charge in [-0.05, 0) is 12.1 Å². The van der Waals surface area contributed by atoms with Crippen molar-refractivity contribution < 1.29 is 19.1 Å². The third-order valence-corrected chi connectivity index (χ3v) is 2.22. The molecule has 1 aromatic carbocycles. The molecular formula is C14H17N3O4. The number of ether oxygens (including phenoxy) is 1. The Labute approximate surface area is 122 Å². The molecule has 0 saturated heterocycles. The Kier molecular flexibility index (Phi) is 6.46. The molecule has 0 spiro atoms. The zero-order valence-corrected chi connectivity index (χ0v) is 11.6. The first kappa shape index (κ1) is 16.2. The van der Waals surface area contributed by atoms with E-state index >= 15 is 0 Å². The maximum absolute atomic E-state index is 11.5. The van der Waals surface area contributed by atoms with Crippen molar-refractivity contribution in [3.05, 3.63) is 36.9 Å². The Morgan fingerprint density at radius 2 is 2.00 bits per heavy atom. The van der Waals surface area contributed by atoms with Crippen LogP contribution in [-0.2, 0) is 9.59 Å². The van der Waals surface area contributed by atoms with Crippen molar-refractivity contribution in [3.63, 3.8) is 0 Å². The summed E-state index contributed by atoms with van der Waals surface area (Å²) in [5.74, 6) is -0.511. The number of para-hydroxylation sites is 2. The van der Waals surface area contributed by atoms with E-state index in [1.165, 1.54) is 13.0 Å². The molecule has 1 aromatic rings. The predicted molar refractivity (Wildman–Crippen MR) is 78.0 cm³/mol. The molecule has 0 fully saturated rings. The van der Waals surface area contributed by atoms with Gasteiger partial charge < -0.3 is 15.4 Å². The molecule has 0 atom stereocenters. The molecule has 21 heavy (non-hydrogen) atoms. The summed E-state index contributed by atoms with van der Waals surface area (Å²) < 4.78 is 5.28. The monoisotopic (exact) mass is 291 g/mol. The summed E-state index contributed by atoms with van der Waals surface area (Å²) in [6.45, 7) is 4.71. The minimum absolute atomic E-state index is 0.251. The SMILES string of the molecule is C=CCNC(=O)NC(=O)COc1ccccc1NC(C)=O. The molecule has 0 bridgehead atoms. The molecule has 0 aliphatic heterocycles.